The molecule has 2 aliphatic heterocycles. The molecule has 0 aromatic heterocycles. The minimum absolute atomic E-state index is 0.00822. The molecule has 2 saturated heterocycles. The second-order valence-electron chi connectivity index (χ2n) is 8.20. The summed E-state index contributed by atoms with van der Waals surface area (Å²) < 4.78 is 13.2. The maximum atomic E-state index is 13.2. The van der Waals surface area contributed by atoms with E-state index in [-0.39, 0.29) is 23.8 Å². The Bertz CT molecular complexity index is 933. The van der Waals surface area contributed by atoms with E-state index in [1.165, 1.54) is 12.1 Å². The maximum Gasteiger partial charge on any atom is 0.247 e. The quantitative estimate of drug-likeness (QED) is 0.600. The lowest BCUT2D eigenvalue weighted by molar-refractivity contribution is -0.140. The average Bonchev–Trinajstić information content (AvgIpc) is 2.68. The molecule has 0 spiro atoms. The smallest absolute Gasteiger partial charge is 0.247 e. The Labute approximate surface area is 181 Å². The maximum absolute atomic E-state index is 13.2. The van der Waals surface area contributed by atoms with Crippen LogP contribution in [0.25, 0.3) is 6.08 Å². The van der Waals surface area contributed by atoms with Crippen molar-refractivity contribution in [1.29, 1.82) is 0 Å². The van der Waals surface area contributed by atoms with Crippen LogP contribution in [0.5, 0.6) is 0 Å². The van der Waals surface area contributed by atoms with Crippen molar-refractivity contribution in [2.45, 2.75) is 18.6 Å². The zero-order chi connectivity index (χ0) is 21.3. The fourth-order valence-corrected chi connectivity index (χ4v) is 4.69. The lowest BCUT2D eigenvalue weighted by Crippen LogP contribution is -2.68. The van der Waals surface area contributed by atoms with Crippen LogP contribution in [0.15, 0.2) is 48.5 Å². The van der Waals surface area contributed by atoms with Gasteiger partial charge in [-0.05, 0) is 48.5 Å². The zero-order valence-electron chi connectivity index (χ0n) is 17.0. The van der Waals surface area contributed by atoms with Crippen LogP contribution in [0.3, 0.4) is 0 Å². The van der Waals surface area contributed by atoms with Gasteiger partial charge in [-0.15, -0.1) is 0 Å². The number of benzene rings is 2. The number of nitrogen functional groups attached to an aromatic ring is 1. The first-order valence-electron chi connectivity index (χ1n) is 10.1. The highest BCUT2D eigenvalue weighted by atomic mass is 35.5. The van der Waals surface area contributed by atoms with Gasteiger partial charge >= 0.3 is 0 Å². The molecule has 30 heavy (non-hydrogen) atoms. The molecule has 0 radical (unpaired) electrons. The Morgan fingerprint density at radius 1 is 1.13 bits per heavy atom. The number of carbonyl (C=O) groups excluding carboxylic acids is 1. The molecule has 1 amide bonds. The van der Waals surface area contributed by atoms with E-state index in [1.54, 1.807) is 24.3 Å². The predicted octanol–water partition coefficient (Wildman–Crippen LogP) is 3.10. The molecule has 0 aliphatic carbocycles. The molecule has 2 unspecified atom stereocenters. The van der Waals surface area contributed by atoms with Crippen molar-refractivity contribution in [1.82, 2.24) is 14.7 Å². The third kappa shape index (κ3) is 4.67. The number of hydrogen-bond acceptors (Lipinski definition) is 4. The Hall–Kier alpha value is -2.41. The number of rotatable bonds is 4. The normalized spacial score (nSPS) is 22.6. The molecule has 0 saturated carbocycles. The van der Waals surface area contributed by atoms with Gasteiger partial charge < -0.3 is 15.5 Å². The summed E-state index contributed by atoms with van der Waals surface area (Å²) in [5.74, 6) is -0.213. The number of halogens is 2. The van der Waals surface area contributed by atoms with E-state index in [1.807, 2.05) is 23.1 Å². The Morgan fingerprint density at radius 2 is 1.80 bits per heavy atom. The van der Waals surface area contributed by atoms with Gasteiger partial charge in [-0.1, -0.05) is 29.8 Å². The van der Waals surface area contributed by atoms with Crippen molar-refractivity contribution in [3.63, 3.8) is 0 Å². The summed E-state index contributed by atoms with van der Waals surface area (Å²) in [6, 6.07) is 12.1. The molecule has 2 aromatic carbocycles. The SMILES string of the molecule is CN1CC2CN(Cc3ccc(F)cc3)CC(C1)N2C(=O)C=Cc1ccc(Cl)cc1N. The fraction of sp³-hybridized carbons (Fsp3) is 0.348. The van der Waals surface area contributed by atoms with E-state index in [0.717, 1.165) is 43.9 Å². The van der Waals surface area contributed by atoms with Crippen molar-refractivity contribution < 1.29 is 9.18 Å². The first-order chi connectivity index (χ1) is 14.4. The van der Waals surface area contributed by atoms with Crippen LogP contribution < -0.4 is 5.73 Å². The first kappa shape index (κ1) is 20.8. The number of amides is 1. The van der Waals surface area contributed by atoms with E-state index in [0.29, 0.717) is 10.7 Å². The summed E-state index contributed by atoms with van der Waals surface area (Å²) in [6.45, 7) is 4.01. The number of nitrogens with two attached hydrogens (primary N) is 1. The fourth-order valence-electron chi connectivity index (χ4n) is 4.51. The van der Waals surface area contributed by atoms with Crippen LogP contribution in [0.4, 0.5) is 10.1 Å². The van der Waals surface area contributed by atoms with Gasteiger partial charge in [-0.25, -0.2) is 4.39 Å². The standard InChI is InChI=1S/C23H26ClFN4O/c1-27-12-20-14-28(11-16-2-7-19(25)8-3-16)15-21(13-27)29(20)23(30)9-5-17-4-6-18(24)10-22(17)26/h2-10,20-21H,11-15,26H2,1H3. The van der Waals surface area contributed by atoms with E-state index in [2.05, 4.69) is 16.8 Å². The van der Waals surface area contributed by atoms with Crippen molar-refractivity contribution >= 4 is 29.3 Å². The number of piperazine rings is 2. The van der Waals surface area contributed by atoms with Gasteiger partial charge in [0.1, 0.15) is 5.82 Å². The minimum atomic E-state index is -0.222. The lowest BCUT2D eigenvalue weighted by atomic mass is 9.99. The second-order valence-corrected chi connectivity index (χ2v) is 8.64. The van der Waals surface area contributed by atoms with Crippen LogP contribution in [0.1, 0.15) is 11.1 Å². The highest BCUT2D eigenvalue weighted by molar-refractivity contribution is 6.30. The second kappa shape index (κ2) is 8.76. The molecule has 2 aromatic rings. The monoisotopic (exact) mass is 428 g/mol. The molecule has 4 rings (SSSR count). The van der Waals surface area contributed by atoms with Gasteiger partial charge in [0.05, 0.1) is 12.1 Å². The van der Waals surface area contributed by atoms with E-state index >= 15 is 0 Å². The number of fused-ring (bicyclic) bond motifs is 2. The molecular formula is C23H26ClFN4O. The third-order valence-electron chi connectivity index (χ3n) is 5.80. The van der Waals surface area contributed by atoms with Gasteiger partial charge in [-0.3, -0.25) is 9.69 Å². The highest BCUT2D eigenvalue weighted by Crippen LogP contribution is 2.25. The van der Waals surface area contributed by atoms with Gasteiger partial charge in [0.15, 0.2) is 0 Å². The topological polar surface area (TPSA) is 52.8 Å². The van der Waals surface area contributed by atoms with Gasteiger partial charge in [0.25, 0.3) is 0 Å². The number of nitrogens with zero attached hydrogens (tertiary/aromatic N) is 3. The Balaban J connectivity index is 1.46. The molecule has 2 atom stereocenters. The van der Waals surface area contributed by atoms with Crippen LogP contribution in [0, 0.1) is 5.82 Å². The molecule has 2 heterocycles. The highest BCUT2D eigenvalue weighted by Gasteiger charge is 2.41. The van der Waals surface area contributed by atoms with E-state index < -0.39 is 0 Å². The molecule has 7 heteroatoms. The molecule has 2 aliphatic rings. The first-order valence-corrected chi connectivity index (χ1v) is 10.5. The minimum Gasteiger partial charge on any atom is -0.398 e. The lowest BCUT2D eigenvalue weighted by Gasteiger charge is -2.52. The molecular weight excluding hydrogens is 403 g/mol. The van der Waals surface area contributed by atoms with Crippen LogP contribution in [0.2, 0.25) is 5.02 Å². The molecule has 158 valence electrons. The summed E-state index contributed by atoms with van der Waals surface area (Å²) in [4.78, 5) is 19.7. The van der Waals surface area contributed by atoms with Gasteiger partial charge in [0.2, 0.25) is 5.91 Å². The van der Waals surface area contributed by atoms with Crippen molar-refractivity contribution in [3.05, 3.63) is 70.5 Å². The molecule has 2 bridgehead atoms. The van der Waals surface area contributed by atoms with Crippen LogP contribution in [-0.2, 0) is 11.3 Å². The summed E-state index contributed by atoms with van der Waals surface area (Å²) in [5, 5.41) is 0.575. The van der Waals surface area contributed by atoms with Gasteiger partial charge in [0, 0.05) is 49.5 Å². The van der Waals surface area contributed by atoms with Crippen LogP contribution in [-0.4, -0.2) is 65.9 Å². The number of anilines is 1. The Morgan fingerprint density at radius 3 is 2.43 bits per heavy atom. The summed E-state index contributed by atoms with van der Waals surface area (Å²) in [5.41, 5.74) is 8.42. The van der Waals surface area contributed by atoms with Crippen molar-refractivity contribution in [2.24, 2.45) is 0 Å². The van der Waals surface area contributed by atoms with E-state index in [4.69, 9.17) is 17.3 Å². The summed E-state index contributed by atoms with van der Waals surface area (Å²) in [7, 11) is 2.10. The van der Waals surface area contributed by atoms with Crippen molar-refractivity contribution in [2.75, 3.05) is 39.0 Å². The largest absolute Gasteiger partial charge is 0.398 e. The van der Waals surface area contributed by atoms with E-state index in [9.17, 15) is 9.18 Å². The number of hydrogen-bond donors (Lipinski definition) is 1. The Kier molecular flexibility index (Phi) is 6.09. The average molecular weight is 429 g/mol. The van der Waals surface area contributed by atoms with Crippen LogP contribution >= 0.6 is 11.6 Å². The molecule has 5 nitrogen and oxygen atoms in total. The third-order valence-corrected chi connectivity index (χ3v) is 6.03. The summed E-state index contributed by atoms with van der Waals surface area (Å²) >= 11 is 5.95. The number of carbonyl (C=O) groups is 1. The molecule has 2 fully saturated rings. The number of likely N-dealkylation sites (N-methyl/N-ethyl adjacent to an activating group) is 1. The predicted molar refractivity (Wildman–Crippen MR) is 118 cm³/mol. The van der Waals surface area contributed by atoms with Crippen molar-refractivity contribution in [3.8, 4) is 0 Å². The zero-order valence-corrected chi connectivity index (χ0v) is 17.7. The summed E-state index contributed by atoms with van der Waals surface area (Å²) in [6.07, 6.45) is 3.37. The molecule has 2 N–H and O–H groups in total. The van der Waals surface area contributed by atoms with Gasteiger partial charge in [-0.2, -0.15) is 0 Å².